The number of rotatable bonds is 2. The lowest BCUT2D eigenvalue weighted by Gasteiger charge is -2.27. The molecule has 2 rings (SSSR count). The summed E-state index contributed by atoms with van der Waals surface area (Å²) in [5.74, 6) is 0.154. The van der Waals surface area contributed by atoms with Crippen LogP contribution in [0.1, 0.15) is 45.4 Å². The summed E-state index contributed by atoms with van der Waals surface area (Å²) in [7, 11) is 0. The molecular weight excluding hydrogens is 240 g/mol. The second kappa shape index (κ2) is 5.65. The standard InChI is InChI=1S/C14H24N4O/c1-8-6-13(12(17)7-11(8)16)18-14(19)9-2-4-10(15)5-3-9/h9-10H,2-7,15-17H2,1H3,(H,18,19). The minimum absolute atomic E-state index is 0.0728. The van der Waals surface area contributed by atoms with Crippen molar-refractivity contribution in [2.24, 2.45) is 23.1 Å². The molecular formula is C14H24N4O. The van der Waals surface area contributed by atoms with E-state index in [1.54, 1.807) is 0 Å². The van der Waals surface area contributed by atoms with Gasteiger partial charge < -0.3 is 22.5 Å². The van der Waals surface area contributed by atoms with E-state index in [9.17, 15) is 4.79 Å². The van der Waals surface area contributed by atoms with Gasteiger partial charge in [-0.15, -0.1) is 0 Å². The molecule has 0 saturated heterocycles. The van der Waals surface area contributed by atoms with Crippen LogP contribution in [-0.2, 0) is 4.79 Å². The first kappa shape index (κ1) is 13.9. The number of hydrogen-bond donors (Lipinski definition) is 4. The van der Waals surface area contributed by atoms with Crippen molar-refractivity contribution in [2.75, 3.05) is 0 Å². The number of hydrogen-bond acceptors (Lipinski definition) is 4. The summed E-state index contributed by atoms with van der Waals surface area (Å²) in [5.41, 5.74) is 21.1. The maximum absolute atomic E-state index is 12.2. The topological polar surface area (TPSA) is 107 Å². The van der Waals surface area contributed by atoms with Gasteiger partial charge in [0.25, 0.3) is 0 Å². The fourth-order valence-corrected chi connectivity index (χ4v) is 2.71. The molecule has 19 heavy (non-hydrogen) atoms. The predicted octanol–water partition coefficient (Wildman–Crippen LogP) is 0.817. The molecule has 0 unspecified atom stereocenters. The van der Waals surface area contributed by atoms with Gasteiger partial charge in [-0.05, 0) is 38.2 Å². The minimum atomic E-state index is 0.0728. The van der Waals surface area contributed by atoms with E-state index >= 15 is 0 Å². The Morgan fingerprint density at radius 1 is 1.11 bits per heavy atom. The third-order valence-corrected chi connectivity index (χ3v) is 4.18. The Hall–Kier alpha value is -1.49. The Balaban J connectivity index is 1.94. The van der Waals surface area contributed by atoms with E-state index in [-0.39, 0.29) is 17.9 Å². The summed E-state index contributed by atoms with van der Waals surface area (Å²) < 4.78 is 0. The third kappa shape index (κ3) is 3.29. The molecule has 0 spiro atoms. The van der Waals surface area contributed by atoms with Gasteiger partial charge in [-0.1, -0.05) is 0 Å². The van der Waals surface area contributed by atoms with Gasteiger partial charge in [-0.25, -0.2) is 0 Å². The maximum Gasteiger partial charge on any atom is 0.227 e. The van der Waals surface area contributed by atoms with E-state index in [0.717, 1.165) is 42.7 Å². The molecule has 0 bridgehead atoms. The van der Waals surface area contributed by atoms with E-state index in [4.69, 9.17) is 17.2 Å². The second-order valence-corrected chi connectivity index (χ2v) is 5.76. The van der Waals surface area contributed by atoms with E-state index in [1.807, 2.05) is 6.92 Å². The molecule has 0 aliphatic heterocycles. The molecule has 7 N–H and O–H groups in total. The van der Waals surface area contributed by atoms with Crippen LogP contribution in [0.4, 0.5) is 0 Å². The van der Waals surface area contributed by atoms with E-state index in [2.05, 4.69) is 5.32 Å². The molecule has 0 radical (unpaired) electrons. The summed E-state index contributed by atoms with van der Waals surface area (Å²) in [5, 5.41) is 2.99. The Kier molecular flexibility index (Phi) is 4.14. The van der Waals surface area contributed by atoms with Crippen LogP contribution in [0.15, 0.2) is 22.7 Å². The normalized spacial score (nSPS) is 28.5. The second-order valence-electron chi connectivity index (χ2n) is 5.76. The van der Waals surface area contributed by atoms with Crippen LogP contribution in [0.5, 0.6) is 0 Å². The zero-order valence-corrected chi connectivity index (χ0v) is 11.5. The molecule has 5 nitrogen and oxygen atoms in total. The van der Waals surface area contributed by atoms with Gasteiger partial charge in [0, 0.05) is 41.9 Å². The lowest BCUT2D eigenvalue weighted by atomic mass is 9.85. The summed E-state index contributed by atoms with van der Waals surface area (Å²) in [6.45, 7) is 1.98. The van der Waals surface area contributed by atoms with Crippen molar-refractivity contribution in [3.05, 3.63) is 22.7 Å². The van der Waals surface area contributed by atoms with Crippen molar-refractivity contribution in [2.45, 2.75) is 51.5 Å². The van der Waals surface area contributed by atoms with Crippen molar-refractivity contribution in [1.82, 2.24) is 5.32 Å². The van der Waals surface area contributed by atoms with Crippen LogP contribution in [0.2, 0.25) is 0 Å². The van der Waals surface area contributed by atoms with Crippen LogP contribution in [0.3, 0.4) is 0 Å². The number of carbonyl (C=O) groups is 1. The van der Waals surface area contributed by atoms with Crippen LogP contribution >= 0.6 is 0 Å². The van der Waals surface area contributed by atoms with Crippen molar-refractivity contribution < 1.29 is 4.79 Å². The zero-order valence-electron chi connectivity index (χ0n) is 11.5. The van der Waals surface area contributed by atoms with E-state index in [0.29, 0.717) is 18.5 Å². The van der Waals surface area contributed by atoms with E-state index in [1.165, 1.54) is 0 Å². The molecule has 1 amide bonds. The highest BCUT2D eigenvalue weighted by atomic mass is 16.1. The van der Waals surface area contributed by atoms with Gasteiger partial charge in [0.05, 0.1) is 0 Å². The van der Waals surface area contributed by atoms with Gasteiger partial charge in [-0.2, -0.15) is 0 Å². The Morgan fingerprint density at radius 2 is 1.74 bits per heavy atom. The summed E-state index contributed by atoms with van der Waals surface area (Å²) >= 11 is 0. The largest absolute Gasteiger partial charge is 0.402 e. The number of nitrogens with two attached hydrogens (primary N) is 3. The molecule has 0 aromatic heterocycles. The molecule has 1 saturated carbocycles. The van der Waals surface area contributed by atoms with Crippen LogP contribution in [-0.4, -0.2) is 11.9 Å². The van der Waals surface area contributed by atoms with Gasteiger partial charge in [0.1, 0.15) is 0 Å². The SMILES string of the molecule is CC1=C(N)CC(N)=C(NC(=O)C2CCC(N)CC2)C1. The third-order valence-electron chi connectivity index (χ3n) is 4.18. The monoisotopic (exact) mass is 264 g/mol. The fraction of sp³-hybridized carbons (Fsp3) is 0.643. The lowest BCUT2D eigenvalue weighted by molar-refractivity contribution is -0.125. The maximum atomic E-state index is 12.2. The highest BCUT2D eigenvalue weighted by molar-refractivity contribution is 5.80. The van der Waals surface area contributed by atoms with Crippen molar-refractivity contribution >= 4 is 5.91 Å². The summed E-state index contributed by atoms with van der Waals surface area (Å²) in [6.07, 6.45) is 4.80. The Morgan fingerprint density at radius 3 is 2.37 bits per heavy atom. The van der Waals surface area contributed by atoms with Gasteiger partial charge in [-0.3, -0.25) is 4.79 Å². The first-order valence-corrected chi connectivity index (χ1v) is 6.95. The van der Waals surface area contributed by atoms with Gasteiger partial charge in [0.2, 0.25) is 5.91 Å². The summed E-state index contributed by atoms with van der Waals surface area (Å²) in [4.78, 5) is 12.2. The first-order valence-electron chi connectivity index (χ1n) is 6.95. The predicted molar refractivity (Wildman–Crippen MR) is 75.4 cm³/mol. The number of nitrogens with one attached hydrogen (secondary N) is 1. The average molecular weight is 264 g/mol. The van der Waals surface area contributed by atoms with Crippen LogP contribution < -0.4 is 22.5 Å². The molecule has 0 aromatic carbocycles. The van der Waals surface area contributed by atoms with Gasteiger partial charge in [0.15, 0.2) is 0 Å². The average Bonchev–Trinajstić information content (AvgIpc) is 2.36. The van der Waals surface area contributed by atoms with Crippen LogP contribution in [0, 0.1) is 5.92 Å². The van der Waals surface area contributed by atoms with Gasteiger partial charge >= 0.3 is 0 Å². The molecule has 0 atom stereocenters. The minimum Gasteiger partial charge on any atom is -0.402 e. The molecule has 5 heteroatoms. The quantitative estimate of drug-likeness (QED) is 0.592. The fourth-order valence-electron chi connectivity index (χ4n) is 2.71. The smallest absolute Gasteiger partial charge is 0.227 e. The molecule has 106 valence electrons. The lowest BCUT2D eigenvalue weighted by Crippen LogP contribution is -2.37. The number of amides is 1. The molecule has 2 aliphatic carbocycles. The molecule has 0 aromatic rings. The Labute approximate surface area is 114 Å². The van der Waals surface area contributed by atoms with Crippen molar-refractivity contribution in [3.8, 4) is 0 Å². The molecule has 1 fully saturated rings. The summed E-state index contributed by atoms with van der Waals surface area (Å²) in [6, 6.07) is 0.257. The number of carbonyl (C=O) groups excluding carboxylic acids is 1. The number of allylic oxidation sites excluding steroid dienone is 1. The molecule has 0 heterocycles. The first-order chi connectivity index (χ1) is 8.97. The highest BCUT2D eigenvalue weighted by Gasteiger charge is 2.26. The highest BCUT2D eigenvalue weighted by Crippen LogP contribution is 2.26. The van der Waals surface area contributed by atoms with Crippen molar-refractivity contribution in [1.29, 1.82) is 0 Å². The zero-order chi connectivity index (χ0) is 14.0. The molecule has 2 aliphatic rings. The Bertz CT molecular complexity index is 431. The van der Waals surface area contributed by atoms with Crippen LogP contribution in [0.25, 0.3) is 0 Å². The van der Waals surface area contributed by atoms with E-state index < -0.39 is 0 Å². The van der Waals surface area contributed by atoms with Crippen molar-refractivity contribution in [3.63, 3.8) is 0 Å².